The molecule has 0 bridgehead atoms. The van der Waals surface area contributed by atoms with E-state index in [0.717, 1.165) is 0 Å². The Morgan fingerprint density at radius 1 is 1.25 bits per heavy atom. The second-order valence-corrected chi connectivity index (χ2v) is 4.42. The van der Waals surface area contributed by atoms with Crippen molar-refractivity contribution in [2.45, 2.75) is 6.61 Å². The van der Waals surface area contributed by atoms with Crippen molar-refractivity contribution in [1.82, 2.24) is 0 Å². The molecule has 0 radical (unpaired) electrons. The van der Waals surface area contributed by atoms with E-state index in [-0.39, 0.29) is 11.6 Å². The minimum atomic E-state index is -0.502. The molecule has 0 amide bonds. The Morgan fingerprint density at radius 2 is 2.00 bits per heavy atom. The molecule has 2 aromatic rings. The van der Waals surface area contributed by atoms with Crippen molar-refractivity contribution in [3.05, 3.63) is 58.4 Å². The maximum absolute atomic E-state index is 13.7. The summed E-state index contributed by atoms with van der Waals surface area (Å²) in [4.78, 5) is 0. The monoisotopic (exact) mass is 291 g/mol. The Bertz CT molecular complexity index is 667. The van der Waals surface area contributed by atoms with Gasteiger partial charge in [0.1, 0.15) is 23.9 Å². The fraction of sp³-hybridized carbons (Fsp3) is 0.133. The Hall–Kier alpha value is -2.25. The van der Waals surface area contributed by atoms with Gasteiger partial charge < -0.3 is 9.47 Å². The minimum absolute atomic E-state index is 0.0183. The van der Waals surface area contributed by atoms with Crippen LogP contribution in [0.5, 0.6) is 11.5 Å². The molecular weight excluding hydrogens is 281 g/mol. The molecule has 102 valence electrons. The van der Waals surface area contributed by atoms with E-state index in [4.69, 9.17) is 26.3 Å². The first-order valence-corrected chi connectivity index (χ1v) is 6.16. The number of nitriles is 1. The van der Waals surface area contributed by atoms with Crippen molar-refractivity contribution in [2.75, 3.05) is 7.11 Å². The molecule has 0 spiro atoms. The Kier molecular flexibility index (Phi) is 4.44. The van der Waals surface area contributed by atoms with Crippen LogP contribution in [-0.2, 0) is 6.61 Å². The van der Waals surface area contributed by atoms with Gasteiger partial charge in [-0.2, -0.15) is 5.26 Å². The van der Waals surface area contributed by atoms with Gasteiger partial charge in [0.25, 0.3) is 0 Å². The predicted octanol–water partition coefficient (Wildman–Crippen LogP) is 3.94. The second-order valence-electron chi connectivity index (χ2n) is 4.01. The number of nitrogens with zero attached hydrogens (tertiary/aromatic N) is 1. The Balaban J connectivity index is 2.19. The lowest BCUT2D eigenvalue weighted by molar-refractivity contribution is 0.297. The molecule has 0 fully saturated rings. The van der Waals surface area contributed by atoms with E-state index < -0.39 is 5.82 Å². The number of hydrogen-bond acceptors (Lipinski definition) is 3. The number of ether oxygens (including phenoxy) is 2. The first-order valence-electron chi connectivity index (χ1n) is 5.79. The highest BCUT2D eigenvalue weighted by Crippen LogP contribution is 2.24. The van der Waals surface area contributed by atoms with Crippen molar-refractivity contribution in [1.29, 1.82) is 5.26 Å². The first-order chi connectivity index (χ1) is 9.63. The van der Waals surface area contributed by atoms with Gasteiger partial charge in [-0.25, -0.2) is 4.39 Å². The fourth-order valence-electron chi connectivity index (χ4n) is 1.66. The highest BCUT2D eigenvalue weighted by molar-refractivity contribution is 6.30. The number of methoxy groups -OCH3 is 1. The smallest absolute Gasteiger partial charge is 0.148 e. The van der Waals surface area contributed by atoms with Gasteiger partial charge in [0.15, 0.2) is 0 Å². The van der Waals surface area contributed by atoms with Crippen molar-refractivity contribution in [3.8, 4) is 17.6 Å². The Morgan fingerprint density at radius 3 is 2.70 bits per heavy atom. The number of hydrogen-bond donors (Lipinski definition) is 0. The average Bonchev–Trinajstić information content (AvgIpc) is 2.48. The molecule has 0 unspecified atom stereocenters. The summed E-state index contributed by atoms with van der Waals surface area (Å²) in [5.41, 5.74) is 0.754. The molecule has 0 aliphatic heterocycles. The zero-order valence-electron chi connectivity index (χ0n) is 10.7. The summed E-state index contributed by atoms with van der Waals surface area (Å²) in [5, 5.41) is 8.96. The molecular formula is C15H11ClFNO2. The van der Waals surface area contributed by atoms with E-state index in [9.17, 15) is 4.39 Å². The van der Waals surface area contributed by atoms with Gasteiger partial charge in [0.2, 0.25) is 0 Å². The van der Waals surface area contributed by atoms with Crippen LogP contribution in [0.2, 0.25) is 5.02 Å². The molecule has 2 rings (SSSR count). The lowest BCUT2D eigenvalue weighted by Gasteiger charge is -2.09. The average molecular weight is 292 g/mol. The van der Waals surface area contributed by atoms with Crippen molar-refractivity contribution in [2.24, 2.45) is 0 Å². The zero-order chi connectivity index (χ0) is 14.5. The Labute approximate surface area is 121 Å². The number of benzene rings is 2. The normalized spacial score (nSPS) is 9.90. The molecule has 5 heteroatoms. The molecule has 0 aromatic heterocycles. The second kappa shape index (κ2) is 6.27. The van der Waals surface area contributed by atoms with Crippen LogP contribution in [0.25, 0.3) is 0 Å². The fourth-order valence-corrected chi connectivity index (χ4v) is 1.85. The summed E-state index contributed by atoms with van der Waals surface area (Å²) in [6.45, 7) is 0.0183. The molecule has 0 saturated heterocycles. The largest absolute Gasteiger partial charge is 0.497 e. The molecule has 0 aliphatic rings. The molecule has 0 aliphatic carbocycles. The third-order valence-electron chi connectivity index (χ3n) is 2.67. The van der Waals surface area contributed by atoms with Crippen LogP contribution < -0.4 is 9.47 Å². The summed E-state index contributed by atoms with van der Waals surface area (Å²) in [6.07, 6.45) is 0. The van der Waals surface area contributed by atoms with Crippen LogP contribution in [-0.4, -0.2) is 7.11 Å². The van der Waals surface area contributed by atoms with E-state index in [0.29, 0.717) is 22.6 Å². The summed E-state index contributed by atoms with van der Waals surface area (Å²) >= 11 is 5.70. The summed E-state index contributed by atoms with van der Waals surface area (Å²) in [7, 11) is 1.50. The third kappa shape index (κ3) is 3.19. The number of halogens is 2. The molecule has 2 aromatic carbocycles. The minimum Gasteiger partial charge on any atom is -0.497 e. The van der Waals surface area contributed by atoms with Gasteiger partial charge in [-0.15, -0.1) is 0 Å². The van der Waals surface area contributed by atoms with Crippen molar-refractivity contribution in [3.63, 3.8) is 0 Å². The topological polar surface area (TPSA) is 42.2 Å². The van der Waals surface area contributed by atoms with Crippen molar-refractivity contribution < 1.29 is 13.9 Å². The van der Waals surface area contributed by atoms with Gasteiger partial charge in [-0.05, 0) is 18.2 Å². The summed E-state index contributed by atoms with van der Waals surface area (Å²) in [6, 6.07) is 11.5. The molecule has 0 N–H and O–H groups in total. The maximum atomic E-state index is 13.7. The summed E-state index contributed by atoms with van der Waals surface area (Å²) in [5.74, 6) is 0.434. The molecule has 0 heterocycles. The van der Waals surface area contributed by atoms with Crippen LogP contribution in [0.4, 0.5) is 4.39 Å². The number of rotatable bonds is 4. The van der Waals surface area contributed by atoms with Crippen LogP contribution >= 0.6 is 11.6 Å². The van der Waals surface area contributed by atoms with E-state index in [2.05, 4.69) is 0 Å². The van der Waals surface area contributed by atoms with E-state index in [1.54, 1.807) is 30.3 Å². The SMILES string of the molecule is COc1cc(C#N)cc(OCc2cccc(Cl)c2F)c1. The lowest BCUT2D eigenvalue weighted by Crippen LogP contribution is -1.99. The van der Waals surface area contributed by atoms with Gasteiger partial charge >= 0.3 is 0 Å². The quantitative estimate of drug-likeness (QED) is 0.857. The first kappa shape index (κ1) is 14.2. The molecule has 0 atom stereocenters. The van der Waals surface area contributed by atoms with E-state index >= 15 is 0 Å². The predicted molar refractivity (Wildman–Crippen MR) is 73.5 cm³/mol. The van der Waals surface area contributed by atoms with E-state index in [1.807, 2.05) is 6.07 Å². The van der Waals surface area contributed by atoms with Crippen LogP contribution in [0.1, 0.15) is 11.1 Å². The maximum Gasteiger partial charge on any atom is 0.148 e. The molecule has 3 nitrogen and oxygen atoms in total. The van der Waals surface area contributed by atoms with Crippen LogP contribution in [0.15, 0.2) is 36.4 Å². The van der Waals surface area contributed by atoms with Gasteiger partial charge in [-0.1, -0.05) is 23.7 Å². The highest BCUT2D eigenvalue weighted by atomic mass is 35.5. The molecule has 20 heavy (non-hydrogen) atoms. The van der Waals surface area contributed by atoms with Gasteiger partial charge in [0, 0.05) is 11.6 Å². The zero-order valence-corrected chi connectivity index (χ0v) is 11.4. The van der Waals surface area contributed by atoms with Crippen LogP contribution in [0.3, 0.4) is 0 Å². The van der Waals surface area contributed by atoms with Gasteiger partial charge in [0.05, 0.1) is 23.8 Å². The van der Waals surface area contributed by atoms with E-state index in [1.165, 1.54) is 13.2 Å². The molecule has 0 saturated carbocycles. The van der Waals surface area contributed by atoms with Crippen molar-refractivity contribution >= 4 is 11.6 Å². The third-order valence-corrected chi connectivity index (χ3v) is 2.96. The lowest BCUT2D eigenvalue weighted by atomic mass is 10.2. The van der Waals surface area contributed by atoms with Crippen LogP contribution in [0, 0.1) is 17.1 Å². The highest BCUT2D eigenvalue weighted by Gasteiger charge is 2.08. The summed E-state index contributed by atoms with van der Waals surface area (Å²) < 4.78 is 24.3. The standard InChI is InChI=1S/C15H11ClFNO2/c1-19-12-5-10(8-18)6-13(7-12)20-9-11-3-2-4-14(16)15(11)17/h2-7H,9H2,1H3. The van der Waals surface area contributed by atoms with Gasteiger partial charge in [-0.3, -0.25) is 0 Å².